The monoisotopic (exact) mass is 450 g/mol. The average Bonchev–Trinajstić information content (AvgIpc) is 3.47. The first-order valence-electron chi connectivity index (χ1n) is 9.46. The van der Waals surface area contributed by atoms with Crippen molar-refractivity contribution in [1.29, 1.82) is 0 Å². The number of hydrogen-bond donors (Lipinski definition) is 1. The molecule has 1 amide bonds. The lowest BCUT2D eigenvalue weighted by Gasteiger charge is -2.11. The minimum Gasteiger partial charge on any atom is -0.377 e. The molecular weight excluding hydrogens is 430 g/mol. The molecule has 0 aliphatic carbocycles. The summed E-state index contributed by atoms with van der Waals surface area (Å²) < 4.78 is 32.8. The second kappa shape index (κ2) is 9.23. The molecule has 1 atom stereocenters. The van der Waals surface area contributed by atoms with Crippen LogP contribution in [-0.4, -0.2) is 38.9 Å². The highest BCUT2D eigenvalue weighted by Gasteiger charge is 2.21. The smallest absolute Gasteiger partial charge is 0.320 e. The average molecular weight is 451 g/mol. The number of alkyl halides is 2. The van der Waals surface area contributed by atoms with Gasteiger partial charge in [0.2, 0.25) is 0 Å². The predicted molar refractivity (Wildman–Crippen MR) is 113 cm³/mol. The van der Waals surface area contributed by atoms with Crippen LogP contribution in [0, 0.1) is 6.92 Å². The summed E-state index contributed by atoms with van der Waals surface area (Å²) in [7, 11) is 0. The number of amides is 1. The summed E-state index contributed by atoms with van der Waals surface area (Å²) in [6.07, 6.45) is 4.87. The fraction of sp³-hybridized carbons (Fsp3) is 0.350. The molecule has 1 fully saturated rings. The van der Waals surface area contributed by atoms with Gasteiger partial charge in [-0.15, -0.1) is 11.8 Å². The third-order valence-electron chi connectivity index (χ3n) is 4.68. The maximum Gasteiger partial charge on any atom is 0.320 e. The molecule has 2 aromatic heterocycles. The normalized spacial score (nSPS) is 16.3. The van der Waals surface area contributed by atoms with Crippen molar-refractivity contribution in [2.24, 2.45) is 0 Å². The summed E-state index contributed by atoms with van der Waals surface area (Å²) in [5.74, 6) is 0.636. The molecule has 0 radical (unpaired) electrons. The Morgan fingerprint density at radius 3 is 3.03 bits per heavy atom. The number of nitrogens with one attached hydrogen (secondary N) is 1. The number of rotatable bonds is 7. The Labute approximate surface area is 180 Å². The van der Waals surface area contributed by atoms with E-state index in [0.29, 0.717) is 21.3 Å². The van der Waals surface area contributed by atoms with E-state index in [4.69, 9.17) is 4.74 Å². The molecule has 4 rings (SSSR count). The first-order valence-corrected chi connectivity index (χ1v) is 11.3. The van der Waals surface area contributed by atoms with E-state index in [9.17, 15) is 13.6 Å². The standard InChI is InChI=1S/C20H20F2N4O2S2/c1-12-16(17-23-8-9-26(17)19(21)22)30-20(24-12)25-18(27)14-6-2-3-7-15(14)29-11-13-5-4-10-28-13/h2-3,6-9,13,19H,4-5,10-11H2,1H3,(H,24,25,27)/t13-/m0/s1. The molecule has 158 valence electrons. The number of ether oxygens (including phenoxy) is 1. The summed E-state index contributed by atoms with van der Waals surface area (Å²) in [6, 6.07) is 7.37. The molecule has 6 nitrogen and oxygen atoms in total. The van der Waals surface area contributed by atoms with Crippen molar-refractivity contribution in [2.75, 3.05) is 17.7 Å². The van der Waals surface area contributed by atoms with Crippen molar-refractivity contribution in [3.63, 3.8) is 0 Å². The van der Waals surface area contributed by atoms with Crippen LogP contribution >= 0.6 is 23.1 Å². The predicted octanol–water partition coefficient (Wildman–Crippen LogP) is 5.23. The summed E-state index contributed by atoms with van der Waals surface area (Å²) in [6.45, 7) is -0.199. The number of carbonyl (C=O) groups is 1. The number of carbonyl (C=O) groups excluding carboxylic acids is 1. The van der Waals surface area contributed by atoms with Crippen LogP contribution in [0.5, 0.6) is 0 Å². The van der Waals surface area contributed by atoms with Gasteiger partial charge in [-0.1, -0.05) is 23.5 Å². The van der Waals surface area contributed by atoms with E-state index >= 15 is 0 Å². The Hall–Kier alpha value is -2.30. The molecule has 1 N–H and O–H groups in total. The molecule has 1 saturated heterocycles. The maximum atomic E-state index is 13.2. The van der Waals surface area contributed by atoms with E-state index in [1.54, 1.807) is 24.8 Å². The number of benzene rings is 1. The largest absolute Gasteiger partial charge is 0.377 e. The molecule has 1 aliphatic heterocycles. The van der Waals surface area contributed by atoms with Crippen molar-refractivity contribution in [3.05, 3.63) is 47.9 Å². The zero-order valence-electron chi connectivity index (χ0n) is 16.2. The highest BCUT2D eigenvalue weighted by Crippen LogP contribution is 2.34. The number of hydrogen-bond acceptors (Lipinski definition) is 6. The number of nitrogens with zero attached hydrogens (tertiary/aromatic N) is 3. The van der Waals surface area contributed by atoms with Gasteiger partial charge in [0.15, 0.2) is 11.0 Å². The molecule has 3 heterocycles. The quantitative estimate of drug-likeness (QED) is 0.499. The number of anilines is 1. The van der Waals surface area contributed by atoms with Gasteiger partial charge in [0.05, 0.1) is 22.2 Å². The van der Waals surface area contributed by atoms with Crippen molar-refractivity contribution >= 4 is 34.1 Å². The van der Waals surface area contributed by atoms with Crippen LogP contribution in [0.4, 0.5) is 13.9 Å². The van der Waals surface area contributed by atoms with Crippen LogP contribution in [0.2, 0.25) is 0 Å². The fourth-order valence-corrected chi connectivity index (χ4v) is 5.29. The molecular formula is C20H20F2N4O2S2. The van der Waals surface area contributed by atoms with E-state index in [0.717, 1.165) is 46.0 Å². The summed E-state index contributed by atoms with van der Waals surface area (Å²) in [5.41, 5.74) is 1.08. The van der Waals surface area contributed by atoms with E-state index in [2.05, 4.69) is 15.3 Å². The van der Waals surface area contributed by atoms with Gasteiger partial charge in [-0.3, -0.25) is 14.7 Å². The van der Waals surface area contributed by atoms with Crippen LogP contribution < -0.4 is 5.32 Å². The minimum absolute atomic E-state index is 0.132. The second-order valence-electron chi connectivity index (χ2n) is 6.77. The van der Waals surface area contributed by atoms with Gasteiger partial charge in [0.1, 0.15) is 0 Å². The van der Waals surface area contributed by atoms with Crippen molar-refractivity contribution < 1.29 is 18.3 Å². The second-order valence-corrected chi connectivity index (χ2v) is 8.83. The topological polar surface area (TPSA) is 69.0 Å². The van der Waals surface area contributed by atoms with E-state index in [1.165, 1.54) is 12.4 Å². The lowest BCUT2D eigenvalue weighted by molar-refractivity contribution is 0.0720. The van der Waals surface area contributed by atoms with Gasteiger partial charge in [0.25, 0.3) is 5.91 Å². The molecule has 0 unspecified atom stereocenters. The molecule has 3 aromatic rings. The molecule has 1 aliphatic rings. The Morgan fingerprint density at radius 1 is 1.43 bits per heavy atom. The Kier molecular flexibility index (Phi) is 6.45. The zero-order valence-corrected chi connectivity index (χ0v) is 17.8. The lowest BCUT2D eigenvalue weighted by atomic mass is 10.2. The first-order chi connectivity index (χ1) is 14.5. The van der Waals surface area contributed by atoms with Gasteiger partial charge < -0.3 is 4.74 Å². The number of imidazole rings is 1. The van der Waals surface area contributed by atoms with Crippen LogP contribution in [-0.2, 0) is 4.74 Å². The van der Waals surface area contributed by atoms with Crippen molar-refractivity contribution in [2.45, 2.75) is 37.3 Å². The van der Waals surface area contributed by atoms with Crippen molar-refractivity contribution in [3.8, 4) is 10.7 Å². The molecule has 0 spiro atoms. The summed E-state index contributed by atoms with van der Waals surface area (Å²) in [4.78, 5) is 22.6. The number of aromatic nitrogens is 3. The highest BCUT2D eigenvalue weighted by molar-refractivity contribution is 7.99. The number of aryl methyl sites for hydroxylation is 1. The van der Waals surface area contributed by atoms with Gasteiger partial charge >= 0.3 is 6.55 Å². The van der Waals surface area contributed by atoms with Gasteiger partial charge in [0, 0.05) is 29.6 Å². The molecule has 10 heteroatoms. The van der Waals surface area contributed by atoms with Crippen LogP contribution in [0.15, 0.2) is 41.6 Å². The van der Waals surface area contributed by atoms with Crippen LogP contribution in [0.3, 0.4) is 0 Å². The maximum absolute atomic E-state index is 13.2. The molecule has 30 heavy (non-hydrogen) atoms. The van der Waals surface area contributed by atoms with Crippen LogP contribution in [0.25, 0.3) is 10.7 Å². The first kappa shape index (κ1) is 21.0. The summed E-state index contributed by atoms with van der Waals surface area (Å²) in [5, 5.41) is 3.14. The summed E-state index contributed by atoms with van der Waals surface area (Å²) >= 11 is 2.72. The van der Waals surface area contributed by atoms with E-state index < -0.39 is 6.55 Å². The SMILES string of the molecule is Cc1nc(NC(=O)c2ccccc2SC[C@@H]2CCCO2)sc1-c1nccn1C(F)F. The third-order valence-corrected chi connectivity index (χ3v) is 6.95. The van der Waals surface area contributed by atoms with Gasteiger partial charge in [-0.05, 0) is 31.9 Å². The Balaban J connectivity index is 1.50. The molecule has 0 saturated carbocycles. The van der Waals surface area contributed by atoms with Crippen LogP contribution in [0.1, 0.15) is 35.4 Å². The fourth-order valence-electron chi connectivity index (χ4n) is 3.21. The minimum atomic E-state index is -2.70. The number of thiazole rings is 1. The van der Waals surface area contributed by atoms with E-state index in [1.807, 2.05) is 18.2 Å². The number of thioether (sulfide) groups is 1. The zero-order chi connectivity index (χ0) is 21.1. The molecule has 0 bridgehead atoms. The Morgan fingerprint density at radius 2 is 2.27 bits per heavy atom. The third kappa shape index (κ3) is 4.55. The van der Waals surface area contributed by atoms with Gasteiger partial charge in [-0.25, -0.2) is 9.97 Å². The van der Waals surface area contributed by atoms with Crippen molar-refractivity contribution in [1.82, 2.24) is 14.5 Å². The lowest BCUT2D eigenvalue weighted by Crippen LogP contribution is -2.14. The Bertz CT molecular complexity index is 1030. The highest BCUT2D eigenvalue weighted by atomic mass is 32.2. The van der Waals surface area contributed by atoms with E-state index in [-0.39, 0.29) is 17.8 Å². The van der Waals surface area contributed by atoms with Gasteiger partial charge in [-0.2, -0.15) is 8.78 Å². The number of halogens is 2. The molecule has 1 aromatic carbocycles.